The predicted molar refractivity (Wildman–Crippen MR) is 69.1 cm³/mol. The number of rotatable bonds is 8. The minimum absolute atomic E-state index is 0.0862. The van der Waals surface area contributed by atoms with Crippen LogP contribution in [-0.4, -0.2) is 48.0 Å². The fourth-order valence-corrected chi connectivity index (χ4v) is 2.74. The van der Waals surface area contributed by atoms with Crippen LogP contribution in [0.4, 0.5) is 0 Å². The lowest BCUT2D eigenvalue weighted by atomic mass is 10.3. The molecule has 0 unspecified atom stereocenters. The maximum absolute atomic E-state index is 11.4. The monoisotopic (exact) mass is 290 g/mol. The number of amides is 1. The first-order valence-electron chi connectivity index (χ1n) is 5.16. The lowest BCUT2D eigenvalue weighted by Gasteiger charge is -2.02. The Morgan fingerprint density at radius 3 is 3.06 bits per heavy atom. The van der Waals surface area contributed by atoms with Crippen LogP contribution < -0.4 is 5.32 Å². The summed E-state index contributed by atoms with van der Waals surface area (Å²) in [4.78, 5) is 26.0. The van der Waals surface area contributed by atoms with Crippen LogP contribution in [0.3, 0.4) is 0 Å². The summed E-state index contributed by atoms with van der Waals surface area (Å²) in [5, 5.41) is 13.0. The molecule has 18 heavy (non-hydrogen) atoms. The number of ether oxygens (including phenoxy) is 1. The molecule has 1 heterocycles. The van der Waals surface area contributed by atoms with Gasteiger partial charge >= 0.3 is 5.97 Å². The average Bonchev–Trinajstić information content (AvgIpc) is 2.73. The van der Waals surface area contributed by atoms with Crippen LogP contribution in [0.15, 0.2) is 9.72 Å². The molecule has 0 saturated carbocycles. The fourth-order valence-electron chi connectivity index (χ4n) is 1.06. The molecule has 1 amide bonds. The number of carboxylic acids is 1. The molecule has 2 N–H and O–H groups in total. The molecule has 0 radical (unpaired) electrons. The molecule has 0 bridgehead atoms. The zero-order valence-corrected chi connectivity index (χ0v) is 11.5. The third-order valence-electron chi connectivity index (χ3n) is 1.82. The number of thioether (sulfide) groups is 1. The number of hydrogen-bond donors (Lipinski definition) is 2. The topological polar surface area (TPSA) is 88.5 Å². The van der Waals surface area contributed by atoms with Crippen LogP contribution in [0.2, 0.25) is 0 Å². The highest BCUT2D eigenvalue weighted by Gasteiger charge is 2.08. The number of nitrogens with zero attached hydrogens (tertiary/aromatic N) is 1. The summed E-state index contributed by atoms with van der Waals surface area (Å²) < 4.78 is 5.51. The van der Waals surface area contributed by atoms with Gasteiger partial charge in [-0.1, -0.05) is 11.8 Å². The van der Waals surface area contributed by atoms with E-state index in [0.717, 1.165) is 0 Å². The first-order chi connectivity index (χ1) is 8.61. The van der Waals surface area contributed by atoms with Crippen molar-refractivity contribution < 1.29 is 19.4 Å². The number of carbonyl (C=O) groups excluding carboxylic acids is 1. The Morgan fingerprint density at radius 1 is 1.61 bits per heavy atom. The number of aliphatic carboxylic acids is 1. The molecule has 0 aliphatic rings. The highest BCUT2D eigenvalue weighted by Crippen LogP contribution is 2.22. The minimum atomic E-state index is -0.908. The molecule has 1 rings (SSSR count). The minimum Gasteiger partial charge on any atom is -0.481 e. The van der Waals surface area contributed by atoms with Gasteiger partial charge < -0.3 is 15.2 Å². The third kappa shape index (κ3) is 5.99. The van der Waals surface area contributed by atoms with Crippen molar-refractivity contribution in [3.63, 3.8) is 0 Å². The van der Waals surface area contributed by atoms with Crippen LogP contribution in [0, 0.1) is 0 Å². The van der Waals surface area contributed by atoms with Crippen molar-refractivity contribution in [1.82, 2.24) is 10.3 Å². The van der Waals surface area contributed by atoms with Crippen molar-refractivity contribution in [2.75, 3.05) is 26.0 Å². The molecule has 0 fully saturated rings. The second kappa shape index (κ2) is 8.06. The highest BCUT2D eigenvalue weighted by atomic mass is 32.2. The Morgan fingerprint density at radius 2 is 2.39 bits per heavy atom. The van der Waals surface area contributed by atoms with E-state index in [-0.39, 0.29) is 18.1 Å². The first-order valence-corrected chi connectivity index (χ1v) is 7.03. The summed E-state index contributed by atoms with van der Waals surface area (Å²) >= 11 is 2.64. The number of carbonyl (C=O) groups is 2. The summed E-state index contributed by atoms with van der Waals surface area (Å²) in [6.45, 7) is 0.967. The Kier molecular flexibility index (Phi) is 6.69. The van der Waals surface area contributed by atoms with Crippen LogP contribution in [0.5, 0.6) is 0 Å². The van der Waals surface area contributed by atoms with E-state index in [9.17, 15) is 9.59 Å². The molecule has 1 aromatic rings. The van der Waals surface area contributed by atoms with Crippen molar-refractivity contribution in [3.05, 3.63) is 11.1 Å². The molecule has 1 aromatic heterocycles. The third-order valence-corrected chi connectivity index (χ3v) is 3.89. The van der Waals surface area contributed by atoms with Gasteiger partial charge in [0.25, 0.3) is 0 Å². The summed E-state index contributed by atoms with van der Waals surface area (Å²) in [5.41, 5.74) is 0.523. The number of nitrogens with one attached hydrogen (secondary N) is 1. The molecular weight excluding hydrogens is 276 g/mol. The van der Waals surface area contributed by atoms with E-state index in [1.807, 2.05) is 0 Å². The zero-order valence-electron chi connectivity index (χ0n) is 9.84. The second-order valence-electron chi connectivity index (χ2n) is 3.31. The SMILES string of the molecule is COCCNC(=O)CSc1nc(CC(=O)O)cs1. The van der Waals surface area contributed by atoms with Crippen molar-refractivity contribution in [2.45, 2.75) is 10.8 Å². The van der Waals surface area contributed by atoms with E-state index in [0.29, 0.717) is 23.2 Å². The van der Waals surface area contributed by atoms with E-state index in [1.54, 1.807) is 12.5 Å². The molecular formula is C10H14N2O4S2. The molecule has 0 spiro atoms. The van der Waals surface area contributed by atoms with Gasteiger partial charge in [-0.3, -0.25) is 9.59 Å². The maximum atomic E-state index is 11.4. The van der Waals surface area contributed by atoms with Crippen LogP contribution >= 0.6 is 23.1 Å². The molecule has 0 atom stereocenters. The standard InChI is InChI=1S/C10H14N2O4S2/c1-16-3-2-11-8(13)6-18-10-12-7(5-17-10)4-9(14)15/h5H,2-4,6H2,1H3,(H,11,13)(H,14,15). The number of methoxy groups -OCH3 is 1. The van der Waals surface area contributed by atoms with Crippen molar-refractivity contribution in [2.24, 2.45) is 0 Å². The van der Waals surface area contributed by atoms with Crippen LogP contribution in [0.25, 0.3) is 0 Å². The summed E-state index contributed by atoms with van der Waals surface area (Å²) in [6.07, 6.45) is -0.0862. The summed E-state index contributed by atoms with van der Waals surface area (Å²) in [5.74, 6) is -0.731. The fraction of sp³-hybridized carbons (Fsp3) is 0.500. The van der Waals surface area contributed by atoms with Crippen molar-refractivity contribution in [1.29, 1.82) is 0 Å². The van der Waals surface area contributed by atoms with Gasteiger partial charge in [-0.2, -0.15) is 0 Å². The van der Waals surface area contributed by atoms with Gasteiger partial charge in [0.15, 0.2) is 4.34 Å². The predicted octanol–water partition coefficient (Wildman–Crippen LogP) is 0.625. The van der Waals surface area contributed by atoms with Gasteiger partial charge in [0, 0.05) is 19.0 Å². The normalized spacial score (nSPS) is 10.3. The smallest absolute Gasteiger partial charge is 0.309 e. The number of aromatic nitrogens is 1. The van der Waals surface area contributed by atoms with Crippen LogP contribution in [-0.2, 0) is 20.7 Å². The van der Waals surface area contributed by atoms with Gasteiger partial charge in [0.05, 0.1) is 24.5 Å². The second-order valence-corrected chi connectivity index (χ2v) is 5.39. The Labute approximate surface area is 113 Å². The van der Waals surface area contributed by atoms with E-state index in [4.69, 9.17) is 9.84 Å². The number of thiazole rings is 1. The molecule has 6 nitrogen and oxygen atoms in total. The van der Waals surface area contributed by atoms with Gasteiger partial charge in [-0.05, 0) is 0 Å². The quantitative estimate of drug-likeness (QED) is 0.539. The Bertz CT molecular complexity index is 408. The Hall–Kier alpha value is -1.12. The van der Waals surface area contributed by atoms with Crippen LogP contribution in [0.1, 0.15) is 5.69 Å². The average molecular weight is 290 g/mol. The molecule has 0 aliphatic carbocycles. The largest absolute Gasteiger partial charge is 0.481 e. The summed E-state index contributed by atoms with van der Waals surface area (Å²) in [7, 11) is 1.57. The van der Waals surface area contributed by atoms with Gasteiger partial charge in [-0.15, -0.1) is 11.3 Å². The lowest BCUT2D eigenvalue weighted by molar-refractivity contribution is -0.136. The Balaban J connectivity index is 2.28. The van der Waals surface area contributed by atoms with Gasteiger partial charge in [0.2, 0.25) is 5.91 Å². The number of carboxylic acid groups (broad SMARTS) is 1. The molecule has 0 aromatic carbocycles. The first kappa shape index (κ1) is 14.9. The lowest BCUT2D eigenvalue weighted by Crippen LogP contribution is -2.28. The van der Waals surface area contributed by atoms with Gasteiger partial charge in [-0.25, -0.2) is 4.98 Å². The van der Waals surface area contributed by atoms with Crippen molar-refractivity contribution >= 4 is 35.0 Å². The van der Waals surface area contributed by atoms with Gasteiger partial charge in [0.1, 0.15) is 0 Å². The van der Waals surface area contributed by atoms with E-state index in [1.165, 1.54) is 23.1 Å². The zero-order chi connectivity index (χ0) is 13.4. The molecule has 0 saturated heterocycles. The van der Waals surface area contributed by atoms with E-state index in [2.05, 4.69) is 10.3 Å². The molecule has 100 valence electrons. The van der Waals surface area contributed by atoms with E-state index >= 15 is 0 Å². The van der Waals surface area contributed by atoms with E-state index < -0.39 is 5.97 Å². The molecule has 8 heteroatoms. The van der Waals surface area contributed by atoms with Crippen molar-refractivity contribution in [3.8, 4) is 0 Å². The summed E-state index contributed by atoms with van der Waals surface area (Å²) in [6, 6.07) is 0. The molecule has 0 aliphatic heterocycles. The highest BCUT2D eigenvalue weighted by molar-refractivity contribution is 8.01. The number of hydrogen-bond acceptors (Lipinski definition) is 6. The maximum Gasteiger partial charge on any atom is 0.309 e.